The molecule has 0 aromatic rings. The van der Waals surface area contributed by atoms with Gasteiger partial charge in [0.2, 0.25) is 0 Å². The number of hydrogen-bond donors (Lipinski definition) is 1. The van der Waals surface area contributed by atoms with Crippen LogP contribution in [0.3, 0.4) is 0 Å². The molecule has 0 aromatic carbocycles. The van der Waals surface area contributed by atoms with E-state index in [9.17, 15) is 0 Å². The van der Waals surface area contributed by atoms with Crippen molar-refractivity contribution in [1.29, 1.82) is 0 Å². The third kappa shape index (κ3) is 2.05. The van der Waals surface area contributed by atoms with Crippen molar-refractivity contribution in [3.63, 3.8) is 0 Å². The summed E-state index contributed by atoms with van der Waals surface area (Å²) in [5, 5.41) is 4.01. The Bertz CT molecular complexity index is 259. The van der Waals surface area contributed by atoms with E-state index in [0.29, 0.717) is 0 Å². The van der Waals surface area contributed by atoms with Crippen LogP contribution < -0.4 is 5.32 Å². The molecule has 1 N–H and O–H groups in total. The lowest BCUT2D eigenvalue weighted by molar-refractivity contribution is 0.352. The average Bonchev–Trinajstić information content (AvgIpc) is 2.75. The molecule has 0 aliphatic heterocycles. The van der Waals surface area contributed by atoms with Gasteiger partial charge in [-0.1, -0.05) is 27.2 Å². The molecule has 0 heterocycles. The third-order valence-electron chi connectivity index (χ3n) is 6.04. The molecule has 98 valence electrons. The maximum atomic E-state index is 4.01. The number of fused-ring (bicyclic) bond motifs is 5. The molecule has 0 saturated heterocycles. The normalized spacial score (nSPS) is 45.7. The van der Waals surface area contributed by atoms with Crippen LogP contribution >= 0.6 is 0 Å². The van der Waals surface area contributed by atoms with E-state index in [2.05, 4.69) is 26.1 Å². The Hall–Kier alpha value is -0.0400. The Labute approximate surface area is 107 Å². The molecule has 3 aliphatic rings. The second kappa shape index (κ2) is 4.57. The van der Waals surface area contributed by atoms with Gasteiger partial charge in [-0.3, -0.25) is 0 Å². The molecule has 3 aliphatic carbocycles. The zero-order valence-electron chi connectivity index (χ0n) is 11.8. The van der Waals surface area contributed by atoms with Gasteiger partial charge in [0.05, 0.1) is 0 Å². The van der Waals surface area contributed by atoms with E-state index in [1.54, 1.807) is 19.3 Å². The maximum Gasteiger partial charge on any atom is 0.0138 e. The van der Waals surface area contributed by atoms with E-state index < -0.39 is 0 Å². The number of hydrogen-bond acceptors (Lipinski definition) is 1. The van der Waals surface area contributed by atoms with Gasteiger partial charge < -0.3 is 5.32 Å². The SMILES string of the molecule is CCC(C)CC(CC)NC1C2C3CCC(C3)C12. The van der Waals surface area contributed by atoms with E-state index in [1.807, 2.05) is 0 Å². The fourth-order valence-corrected chi connectivity index (χ4v) is 4.83. The van der Waals surface area contributed by atoms with Crippen molar-refractivity contribution < 1.29 is 0 Å². The molecular formula is C16H29N. The Kier molecular flexibility index (Phi) is 3.23. The molecule has 0 aromatic heterocycles. The summed E-state index contributed by atoms with van der Waals surface area (Å²) in [5.74, 6) is 5.31. The summed E-state index contributed by atoms with van der Waals surface area (Å²) in [5.41, 5.74) is 0. The smallest absolute Gasteiger partial charge is 0.0138 e. The predicted octanol–water partition coefficient (Wildman–Crippen LogP) is 3.84. The lowest BCUT2D eigenvalue weighted by atomic mass is 9.97. The Morgan fingerprint density at radius 3 is 2.24 bits per heavy atom. The van der Waals surface area contributed by atoms with Crippen LogP contribution in [0.1, 0.15) is 59.3 Å². The van der Waals surface area contributed by atoms with Gasteiger partial charge >= 0.3 is 0 Å². The van der Waals surface area contributed by atoms with Crippen LogP contribution in [0, 0.1) is 29.6 Å². The Balaban J connectivity index is 1.51. The zero-order valence-corrected chi connectivity index (χ0v) is 11.8. The van der Waals surface area contributed by atoms with Gasteiger partial charge in [-0.15, -0.1) is 0 Å². The maximum absolute atomic E-state index is 4.01. The first kappa shape index (κ1) is 12.0. The molecular weight excluding hydrogens is 206 g/mol. The molecule has 2 bridgehead atoms. The number of rotatable bonds is 6. The van der Waals surface area contributed by atoms with Crippen molar-refractivity contribution in [2.75, 3.05) is 0 Å². The highest BCUT2D eigenvalue weighted by Crippen LogP contribution is 2.65. The van der Waals surface area contributed by atoms with Gasteiger partial charge in [-0.05, 0) is 61.7 Å². The van der Waals surface area contributed by atoms with Crippen molar-refractivity contribution in [2.45, 2.75) is 71.4 Å². The monoisotopic (exact) mass is 235 g/mol. The first-order valence-corrected chi connectivity index (χ1v) is 8.00. The van der Waals surface area contributed by atoms with Gasteiger partial charge in [-0.25, -0.2) is 0 Å². The predicted molar refractivity (Wildman–Crippen MR) is 72.9 cm³/mol. The summed E-state index contributed by atoms with van der Waals surface area (Å²) in [6, 6.07) is 1.72. The largest absolute Gasteiger partial charge is 0.311 e. The van der Waals surface area contributed by atoms with Crippen LogP contribution in [-0.4, -0.2) is 12.1 Å². The van der Waals surface area contributed by atoms with Crippen LogP contribution in [0.4, 0.5) is 0 Å². The fourth-order valence-electron chi connectivity index (χ4n) is 4.83. The second-order valence-electron chi connectivity index (χ2n) is 7.03. The minimum absolute atomic E-state index is 0.792. The lowest BCUT2D eigenvalue weighted by Gasteiger charge is -2.22. The van der Waals surface area contributed by atoms with Gasteiger partial charge in [-0.2, -0.15) is 0 Å². The molecule has 1 nitrogen and oxygen atoms in total. The van der Waals surface area contributed by atoms with E-state index in [0.717, 1.165) is 41.7 Å². The summed E-state index contributed by atoms with van der Waals surface area (Å²) in [4.78, 5) is 0. The Morgan fingerprint density at radius 2 is 1.71 bits per heavy atom. The molecule has 3 rings (SSSR count). The van der Waals surface area contributed by atoms with Crippen LogP contribution in [-0.2, 0) is 0 Å². The molecule has 0 radical (unpaired) electrons. The molecule has 17 heavy (non-hydrogen) atoms. The van der Waals surface area contributed by atoms with Crippen LogP contribution in [0.5, 0.6) is 0 Å². The van der Waals surface area contributed by atoms with Crippen molar-refractivity contribution in [1.82, 2.24) is 5.32 Å². The first-order chi connectivity index (χ1) is 8.24. The topological polar surface area (TPSA) is 12.0 Å². The van der Waals surface area contributed by atoms with Gasteiger partial charge in [0.25, 0.3) is 0 Å². The molecule has 1 heteroatoms. The molecule has 6 unspecified atom stereocenters. The summed E-state index contributed by atoms with van der Waals surface area (Å²) >= 11 is 0. The van der Waals surface area contributed by atoms with Crippen LogP contribution in [0.15, 0.2) is 0 Å². The molecule has 3 fully saturated rings. The average molecular weight is 235 g/mol. The van der Waals surface area contributed by atoms with E-state index >= 15 is 0 Å². The lowest BCUT2D eigenvalue weighted by Crippen LogP contribution is -2.35. The van der Waals surface area contributed by atoms with Crippen molar-refractivity contribution in [2.24, 2.45) is 29.6 Å². The highest BCUT2D eigenvalue weighted by Gasteiger charge is 2.64. The van der Waals surface area contributed by atoms with Gasteiger partial charge in [0, 0.05) is 12.1 Å². The first-order valence-electron chi connectivity index (χ1n) is 8.00. The van der Waals surface area contributed by atoms with Gasteiger partial charge in [0.15, 0.2) is 0 Å². The van der Waals surface area contributed by atoms with E-state index in [-0.39, 0.29) is 0 Å². The second-order valence-corrected chi connectivity index (χ2v) is 7.03. The van der Waals surface area contributed by atoms with Crippen molar-refractivity contribution >= 4 is 0 Å². The summed E-state index contributed by atoms with van der Waals surface area (Å²) in [7, 11) is 0. The summed E-state index contributed by atoms with van der Waals surface area (Å²) in [6.45, 7) is 7.08. The highest BCUT2D eigenvalue weighted by molar-refractivity contribution is 5.17. The standard InChI is InChI=1S/C16H29N/c1-4-10(3)8-13(5-2)17-16-14-11-6-7-12(9-11)15(14)16/h10-17H,4-9H2,1-3H3. The molecule has 6 atom stereocenters. The van der Waals surface area contributed by atoms with Crippen molar-refractivity contribution in [3.8, 4) is 0 Å². The van der Waals surface area contributed by atoms with Crippen LogP contribution in [0.2, 0.25) is 0 Å². The van der Waals surface area contributed by atoms with Crippen LogP contribution in [0.25, 0.3) is 0 Å². The van der Waals surface area contributed by atoms with Crippen molar-refractivity contribution in [3.05, 3.63) is 0 Å². The Morgan fingerprint density at radius 1 is 1.06 bits per heavy atom. The highest BCUT2D eigenvalue weighted by atomic mass is 15.0. The molecule has 3 saturated carbocycles. The quantitative estimate of drug-likeness (QED) is 0.737. The minimum atomic E-state index is 0.792. The van der Waals surface area contributed by atoms with Gasteiger partial charge in [0.1, 0.15) is 0 Å². The fraction of sp³-hybridized carbons (Fsp3) is 1.00. The van der Waals surface area contributed by atoms with E-state index in [4.69, 9.17) is 0 Å². The zero-order chi connectivity index (χ0) is 12.0. The van der Waals surface area contributed by atoms with E-state index in [1.165, 1.54) is 19.3 Å². The summed E-state index contributed by atoms with van der Waals surface area (Å²) in [6.07, 6.45) is 8.71. The summed E-state index contributed by atoms with van der Waals surface area (Å²) < 4.78 is 0. The number of nitrogens with one attached hydrogen (secondary N) is 1. The molecule has 0 amide bonds. The third-order valence-corrected chi connectivity index (χ3v) is 6.04. The minimum Gasteiger partial charge on any atom is -0.311 e. The molecule has 0 spiro atoms.